The molecule has 1 aliphatic heterocycles. The van der Waals surface area contributed by atoms with Gasteiger partial charge in [-0.25, -0.2) is 4.79 Å². The molecule has 0 aliphatic carbocycles. The molecule has 1 atom stereocenters. The maximum absolute atomic E-state index is 12.4. The minimum Gasteiger partial charge on any atom is -0.465 e. The number of piperidine rings is 1. The van der Waals surface area contributed by atoms with Crippen molar-refractivity contribution in [3.8, 4) is 0 Å². The fourth-order valence-corrected chi connectivity index (χ4v) is 2.79. The number of carbonyl (C=O) groups excluding carboxylic acids is 1. The minimum atomic E-state index is -0.571. The van der Waals surface area contributed by atoms with E-state index in [0.29, 0.717) is 19.7 Å². The van der Waals surface area contributed by atoms with Gasteiger partial charge in [-0.05, 0) is 38.9 Å². The molecular formula is C16H24N2O2. The van der Waals surface area contributed by atoms with Crippen LogP contribution >= 0.6 is 0 Å². The second-order valence-corrected chi connectivity index (χ2v) is 5.48. The van der Waals surface area contributed by atoms with Crippen LogP contribution in [0.5, 0.6) is 0 Å². The van der Waals surface area contributed by atoms with E-state index in [2.05, 4.69) is 29.4 Å². The summed E-state index contributed by atoms with van der Waals surface area (Å²) in [6.07, 6.45) is 1.85. The minimum absolute atomic E-state index is 0.123. The van der Waals surface area contributed by atoms with Crippen LogP contribution in [-0.2, 0) is 16.1 Å². The van der Waals surface area contributed by atoms with Crippen molar-refractivity contribution >= 4 is 5.97 Å². The number of nitrogens with zero attached hydrogens (tertiary/aromatic N) is 1. The first kappa shape index (κ1) is 15.0. The standard InChI is InChI=1S/C16H24N2O2/c1-3-20-15(19)16(10-7-11-18(2)13-16)17-12-14-8-5-4-6-9-14/h4-6,8-9,17H,3,7,10-13H2,1-2H3. The van der Waals surface area contributed by atoms with E-state index in [1.54, 1.807) is 0 Å². The summed E-state index contributed by atoms with van der Waals surface area (Å²) in [5.41, 5.74) is 0.614. The highest BCUT2D eigenvalue weighted by Gasteiger charge is 2.42. The van der Waals surface area contributed by atoms with Crippen LogP contribution < -0.4 is 5.32 Å². The lowest BCUT2D eigenvalue weighted by atomic mass is 9.89. The summed E-state index contributed by atoms with van der Waals surface area (Å²) in [4.78, 5) is 14.6. The quantitative estimate of drug-likeness (QED) is 0.833. The molecule has 20 heavy (non-hydrogen) atoms. The van der Waals surface area contributed by atoms with Gasteiger partial charge in [-0.1, -0.05) is 30.3 Å². The van der Waals surface area contributed by atoms with Crippen LogP contribution in [0.25, 0.3) is 0 Å². The van der Waals surface area contributed by atoms with Crippen LogP contribution in [0.2, 0.25) is 0 Å². The highest BCUT2D eigenvalue weighted by Crippen LogP contribution is 2.22. The van der Waals surface area contributed by atoms with Gasteiger partial charge in [0.25, 0.3) is 0 Å². The summed E-state index contributed by atoms with van der Waals surface area (Å²) in [6, 6.07) is 10.2. The van der Waals surface area contributed by atoms with Crippen LogP contribution in [0.3, 0.4) is 0 Å². The van der Waals surface area contributed by atoms with E-state index in [1.165, 1.54) is 5.56 Å². The maximum Gasteiger partial charge on any atom is 0.327 e. The van der Waals surface area contributed by atoms with Crippen molar-refractivity contribution in [3.63, 3.8) is 0 Å². The molecule has 0 radical (unpaired) electrons. The highest BCUT2D eigenvalue weighted by atomic mass is 16.5. The van der Waals surface area contributed by atoms with Gasteiger partial charge in [-0.15, -0.1) is 0 Å². The predicted octanol–water partition coefficient (Wildman–Crippen LogP) is 1.80. The molecule has 1 fully saturated rings. The SMILES string of the molecule is CCOC(=O)C1(NCc2ccccc2)CCCN(C)C1. The smallest absolute Gasteiger partial charge is 0.327 e. The Morgan fingerprint density at radius 2 is 2.15 bits per heavy atom. The number of nitrogens with one attached hydrogen (secondary N) is 1. The van der Waals surface area contributed by atoms with Gasteiger partial charge in [0.2, 0.25) is 0 Å². The normalized spacial score (nSPS) is 23.5. The van der Waals surface area contributed by atoms with Gasteiger partial charge in [-0.3, -0.25) is 5.32 Å². The molecule has 110 valence electrons. The largest absolute Gasteiger partial charge is 0.465 e. The average Bonchev–Trinajstić information content (AvgIpc) is 2.46. The first-order valence-electron chi connectivity index (χ1n) is 7.31. The van der Waals surface area contributed by atoms with Gasteiger partial charge < -0.3 is 9.64 Å². The van der Waals surface area contributed by atoms with Crippen molar-refractivity contribution in [3.05, 3.63) is 35.9 Å². The van der Waals surface area contributed by atoms with Crippen LogP contribution in [0.4, 0.5) is 0 Å². The lowest BCUT2D eigenvalue weighted by Crippen LogP contribution is -2.61. The molecule has 4 nitrogen and oxygen atoms in total. The monoisotopic (exact) mass is 276 g/mol. The zero-order valence-corrected chi connectivity index (χ0v) is 12.4. The van der Waals surface area contributed by atoms with Crippen LogP contribution in [0, 0.1) is 0 Å². The number of ether oxygens (including phenoxy) is 1. The van der Waals surface area contributed by atoms with Crippen molar-refractivity contribution in [2.45, 2.75) is 31.8 Å². The third-order valence-corrected chi connectivity index (χ3v) is 3.82. The number of hydrogen-bond acceptors (Lipinski definition) is 4. The van der Waals surface area contributed by atoms with E-state index >= 15 is 0 Å². The zero-order valence-electron chi connectivity index (χ0n) is 12.4. The topological polar surface area (TPSA) is 41.6 Å². The number of likely N-dealkylation sites (tertiary alicyclic amines) is 1. The van der Waals surface area contributed by atoms with E-state index in [-0.39, 0.29) is 5.97 Å². The van der Waals surface area contributed by atoms with Crippen molar-refractivity contribution < 1.29 is 9.53 Å². The lowest BCUT2D eigenvalue weighted by molar-refractivity contribution is -0.153. The fourth-order valence-electron chi connectivity index (χ4n) is 2.79. The number of hydrogen-bond donors (Lipinski definition) is 1. The molecule has 1 aliphatic rings. The highest BCUT2D eigenvalue weighted by molar-refractivity contribution is 5.81. The number of esters is 1. The van der Waals surface area contributed by atoms with Crippen LogP contribution in [0.15, 0.2) is 30.3 Å². The Labute approximate surface area is 121 Å². The number of likely N-dealkylation sites (N-methyl/N-ethyl adjacent to an activating group) is 1. The second-order valence-electron chi connectivity index (χ2n) is 5.48. The van der Waals surface area contributed by atoms with Gasteiger partial charge in [-0.2, -0.15) is 0 Å². The van der Waals surface area contributed by atoms with E-state index in [4.69, 9.17) is 4.74 Å². The molecule has 2 rings (SSSR count). The molecule has 1 N–H and O–H groups in total. The molecule has 1 unspecified atom stereocenters. The molecule has 1 aromatic carbocycles. The summed E-state index contributed by atoms with van der Waals surface area (Å²) in [6.45, 7) is 4.72. The zero-order chi connectivity index (χ0) is 14.4. The van der Waals surface area contributed by atoms with Gasteiger partial charge >= 0.3 is 5.97 Å². The van der Waals surface area contributed by atoms with Crippen molar-refractivity contribution in [1.29, 1.82) is 0 Å². The summed E-state index contributed by atoms with van der Waals surface area (Å²) >= 11 is 0. The fraction of sp³-hybridized carbons (Fsp3) is 0.562. The average molecular weight is 276 g/mol. The Morgan fingerprint density at radius 1 is 1.40 bits per heavy atom. The van der Waals surface area contributed by atoms with Gasteiger partial charge in [0.1, 0.15) is 5.54 Å². The van der Waals surface area contributed by atoms with Crippen molar-refractivity contribution in [2.75, 3.05) is 26.7 Å². The second kappa shape index (κ2) is 6.86. The first-order valence-corrected chi connectivity index (χ1v) is 7.31. The van der Waals surface area contributed by atoms with E-state index in [0.717, 1.165) is 19.4 Å². The van der Waals surface area contributed by atoms with Crippen LogP contribution in [-0.4, -0.2) is 43.2 Å². The van der Waals surface area contributed by atoms with Gasteiger partial charge in [0, 0.05) is 13.1 Å². The van der Waals surface area contributed by atoms with E-state index in [9.17, 15) is 4.79 Å². The summed E-state index contributed by atoms with van der Waals surface area (Å²) in [5, 5.41) is 3.45. The molecule has 1 saturated heterocycles. The first-order chi connectivity index (χ1) is 9.66. The Morgan fingerprint density at radius 3 is 2.80 bits per heavy atom. The number of carbonyl (C=O) groups is 1. The molecule has 0 spiro atoms. The summed E-state index contributed by atoms with van der Waals surface area (Å²) < 4.78 is 5.29. The molecule has 0 saturated carbocycles. The van der Waals surface area contributed by atoms with Crippen molar-refractivity contribution in [2.24, 2.45) is 0 Å². The summed E-state index contributed by atoms with van der Waals surface area (Å²) in [5.74, 6) is -0.123. The molecule has 1 aromatic rings. The molecule has 4 heteroatoms. The molecule has 0 aromatic heterocycles. The predicted molar refractivity (Wildman–Crippen MR) is 79.4 cm³/mol. The molecule has 0 amide bonds. The molecule has 0 bridgehead atoms. The number of benzene rings is 1. The third kappa shape index (κ3) is 3.58. The van der Waals surface area contributed by atoms with E-state index < -0.39 is 5.54 Å². The van der Waals surface area contributed by atoms with Crippen molar-refractivity contribution in [1.82, 2.24) is 10.2 Å². The Hall–Kier alpha value is -1.39. The Bertz CT molecular complexity index is 435. The molecular weight excluding hydrogens is 252 g/mol. The number of rotatable bonds is 5. The third-order valence-electron chi connectivity index (χ3n) is 3.82. The summed E-state index contributed by atoms with van der Waals surface area (Å²) in [7, 11) is 2.05. The lowest BCUT2D eigenvalue weighted by Gasteiger charge is -2.40. The van der Waals surface area contributed by atoms with Gasteiger partial charge in [0.05, 0.1) is 6.61 Å². The Kier molecular flexibility index (Phi) is 5.15. The van der Waals surface area contributed by atoms with E-state index in [1.807, 2.05) is 25.1 Å². The molecule has 1 heterocycles. The Balaban J connectivity index is 2.08. The van der Waals surface area contributed by atoms with Gasteiger partial charge in [0.15, 0.2) is 0 Å². The maximum atomic E-state index is 12.4. The van der Waals surface area contributed by atoms with Crippen LogP contribution in [0.1, 0.15) is 25.3 Å².